The molecule has 0 aromatic heterocycles. The van der Waals surface area contributed by atoms with Crippen LogP contribution in [0.25, 0.3) is 0 Å². The van der Waals surface area contributed by atoms with E-state index in [1.165, 1.54) is 18.2 Å². The molecule has 0 saturated carbocycles. The summed E-state index contributed by atoms with van der Waals surface area (Å²) in [5.74, 6) is 0.0479. The molecular formula is C17H23ClN4O4. The molecule has 1 saturated heterocycles. The van der Waals surface area contributed by atoms with Crippen LogP contribution in [-0.2, 0) is 16.1 Å². The van der Waals surface area contributed by atoms with Crippen molar-refractivity contribution in [2.45, 2.75) is 25.8 Å². The van der Waals surface area contributed by atoms with Crippen LogP contribution in [0.3, 0.4) is 0 Å². The fraction of sp³-hybridized carbons (Fsp3) is 0.529. The summed E-state index contributed by atoms with van der Waals surface area (Å²) < 4.78 is 0. The van der Waals surface area contributed by atoms with Crippen molar-refractivity contribution in [1.29, 1.82) is 0 Å². The molecule has 0 spiro atoms. The second kappa shape index (κ2) is 9.49. The highest BCUT2D eigenvalue weighted by Crippen LogP contribution is 2.23. The summed E-state index contributed by atoms with van der Waals surface area (Å²) in [5.41, 5.74) is 0.572. The SMILES string of the molecule is CN(CC(=O)NCCCN1CCCC1=O)Cc1cc([N+](=O)[O-])ccc1Cl. The number of nitro groups is 1. The molecule has 9 heteroatoms. The number of hydrogen-bond donors (Lipinski definition) is 1. The van der Waals surface area contributed by atoms with Gasteiger partial charge in [0.25, 0.3) is 5.69 Å². The molecule has 1 N–H and O–H groups in total. The van der Waals surface area contributed by atoms with E-state index in [2.05, 4.69) is 5.32 Å². The molecule has 142 valence electrons. The molecule has 26 heavy (non-hydrogen) atoms. The number of rotatable bonds is 9. The fourth-order valence-electron chi connectivity index (χ4n) is 2.88. The number of likely N-dealkylation sites (N-methyl/N-ethyl adjacent to an activating group) is 1. The lowest BCUT2D eigenvalue weighted by Gasteiger charge is -2.18. The molecular weight excluding hydrogens is 360 g/mol. The Bertz CT molecular complexity index is 683. The molecule has 1 aromatic carbocycles. The average molecular weight is 383 g/mol. The molecule has 0 unspecified atom stereocenters. The van der Waals surface area contributed by atoms with Crippen LogP contribution in [0.15, 0.2) is 18.2 Å². The smallest absolute Gasteiger partial charge is 0.269 e. The number of nitrogens with one attached hydrogen (secondary N) is 1. The first-order valence-corrected chi connectivity index (χ1v) is 8.90. The quantitative estimate of drug-likeness (QED) is 0.399. The van der Waals surface area contributed by atoms with Gasteiger partial charge in [0.15, 0.2) is 0 Å². The zero-order valence-corrected chi connectivity index (χ0v) is 15.5. The predicted molar refractivity (Wildman–Crippen MR) is 97.9 cm³/mol. The Morgan fingerprint density at radius 1 is 1.46 bits per heavy atom. The molecule has 2 rings (SSSR count). The minimum absolute atomic E-state index is 0.0290. The van der Waals surface area contributed by atoms with Crippen molar-refractivity contribution in [2.24, 2.45) is 0 Å². The summed E-state index contributed by atoms with van der Waals surface area (Å²) in [6, 6.07) is 4.26. The Morgan fingerprint density at radius 3 is 2.88 bits per heavy atom. The van der Waals surface area contributed by atoms with Crippen molar-refractivity contribution in [1.82, 2.24) is 15.1 Å². The van der Waals surface area contributed by atoms with Crippen LogP contribution >= 0.6 is 11.6 Å². The zero-order chi connectivity index (χ0) is 19.1. The molecule has 2 amide bonds. The number of carbonyl (C=O) groups excluding carboxylic acids is 2. The number of carbonyl (C=O) groups is 2. The fourth-order valence-corrected chi connectivity index (χ4v) is 3.06. The van der Waals surface area contributed by atoms with E-state index in [4.69, 9.17) is 11.6 Å². The van der Waals surface area contributed by atoms with E-state index in [1.807, 2.05) is 4.90 Å². The molecule has 1 aliphatic rings. The van der Waals surface area contributed by atoms with Gasteiger partial charge in [-0.1, -0.05) is 11.6 Å². The van der Waals surface area contributed by atoms with Crippen molar-refractivity contribution in [3.05, 3.63) is 38.9 Å². The Kier molecular flexibility index (Phi) is 7.35. The average Bonchev–Trinajstić information content (AvgIpc) is 2.98. The standard InChI is InChI=1S/C17H23ClN4O4/c1-20(11-13-10-14(22(25)26)5-6-15(13)18)12-16(23)19-7-3-9-21-8-2-4-17(21)24/h5-6,10H,2-4,7-9,11-12H2,1H3,(H,19,23). The van der Waals surface area contributed by atoms with Gasteiger partial charge in [-0.2, -0.15) is 0 Å². The van der Waals surface area contributed by atoms with Crippen LogP contribution in [0.4, 0.5) is 5.69 Å². The number of halogens is 1. The first kappa shape index (κ1) is 20.1. The van der Waals surface area contributed by atoms with Crippen molar-refractivity contribution < 1.29 is 14.5 Å². The summed E-state index contributed by atoms with van der Waals surface area (Å²) in [7, 11) is 1.75. The molecule has 0 bridgehead atoms. The summed E-state index contributed by atoms with van der Waals surface area (Å²) in [5, 5.41) is 14.1. The van der Waals surface area contributed by atoms with E-state index < -0.39 is 4.92 Å². The first-order valence-electron chi connectivity index (χ1n) is 8.52. The van der Waals surface area contributed by atoms with Crippen LogP contribution in [-0.4, -0.2) is 59.8 Å². The second-order valence-electron chi connectivity index (χ2n) is 6.39. The lowest BCUT2D eigenvalue weighted by Crippen LogP contribution is -2.36. The number of amides is 2. The topological polar surface area (TPSA) is 95.8 Å². The number of non-ortho nitro benzene ring substituents is 1. The minimum atomic E-state index is -0.475. The summed E-state index contributed by atoms with van der Waals surface area (Å²) in [6.07, 6.45) is 2.26. The van der Waals surface area contributed by atoms with Gasteiger partial charge in [-0.25, -0.2) is 0 Å². The largest absolute Gasteiger partial charge is 0.355 e. The van der Waals surface area contributed by atoms with Gasteiger partial charge in [0.2, 0.25) is 11.8 Å². The Balaban J connectivity index is 1.72. The highest BCUT2D eigenvalue weighted by molar-refractivity contribution is 6.31. The molecule has 0 atom stereocenters. The van der Waals surface area contributed by atoms with Gasteiger partial charge >= 0.3 is 0 Å². The van der Waals surface area contributed by atoms with Crippen molar-refractivity contribution >= 4 is 29.1 Å². The second-order valence-corrected chi connectivity index (χ2v) is 6.80. The van der Waals surface area contributed by atoms with Gasteiger partial charge in [-0.3, -0.25) is 24.6 Å². The maximum atomic E-state index is 12.0. The zero-order valence-electron chi connectivity index (χ0n) is 14.7. The minimum Gasteiger partial charge on any atom is -0.355 e. The Hall–Kier alpha value is -2.19. The highest BCUT2D eigenvalue weighted by Gasteiger charge is 2.19. The number of nitro benzene ring substituents is 1. The predicted octanol–water partition coefficient (Wildman–Crippen LogP) is 1.81. The van der Waals surface area contributed by atoms with Gasteiger partial charge in [0.1, 0.15) is 0 Å². The van der Waals surface area contributed by atoms with Gasteiger partial charge in [0.05, 0.1) is 11.5 Å². The van der Waals surface area contributed by atoms with Crippen molar-refractivity contribution in [2.75, 3.05) is 33.2 Å². The van der Waals surface area contributed by atoms with Gasteiger partial charge in [0, 0.05) is 49.8 Å². The number of benzene rings is 1. The van der Waals surface area contributed by atoms with E-state index in [0.29, 0.717) is 36.6 Å². The van der Waals surface area contributed by atoms with Gasteiger partial charge in [-0.05, 0) is 31.5 Å². The highest BCUT2D eigenvalue weighted by atomic mass is 35.5. The van der Waals surface area contributed by atoms with E-state index in [0.717, 1.165) is 19.4 Å². The van der Waals surface area contributed by atoms with Gasteiger partial charge < -0.3 is 10.2 Å². The Labute approximate surface area is 157 Å². The number of hydrogen-bond acceptors (Lipinski definition) is 5. The number of nitrogens with zero attached hydrogens (tertiary/aromatic N) is 3. The maximum absolute atomic E-state index is 12.0. The molecule has 1 fully saturated rings. The molecule has 0 aliphatic carbocycles. The monoisotopic (exact) mass is 382 g/mol. The third-order valence-corrected chi connectivity index (χ3v) is 4.56. The molecule has 8 nitrogen and oxygen atoms in total. The lowest BCUT2D eigenvalue weighted by molar-refractivity contribution is -0.384. The van der Waals surface area contributed by atoms with E-state index in [9.17, 15) is 19.7 Å². The molecule has 1 aromatic rings. The first-order chi connectivity index (χ1) is 12.4. The Morgan fingerprint density at radius 2 is 2.23 bits per heavy atom. The normalized spacial score (nSPS) is 14.1. The van der Waals surface area contributed by atoms with Crippen LogP contribution < -0.4 is 5.32 Å². The van der Waals surface area contributed by atoms with Crippen LogP contribution in [0.5, 0.6) is 0 Å². The summed E-state index contributed by atoms with van der Waals surface area (Å²) in [6.45, 7) is 2.46. The maximum Gasteiger partial charge on any atom is 0.269 e. The van der Waals surface area contributed by atoms with Crippen molar-refractivity contribution in [3.8, 4) is 0 Å². The van der Waals surface area contributed by atoms with Crippen LogP contribution in [0.2, 0.25) is 5.02 Å². The lowest BCUT2D eigenvalue weighted by atomic mass is 10.2. The van der Waals surface area contributed by atoms with Crippen molar-refractivity contribution in [3.63, 3.8) is 0 Å². The van der Waals surface area contributed by atoms with E-state index in [-0.39, 0.29) is 24.0 Å². The van der Waals surface area contributed by atoms with E-state index >= 15 is 0 Å². The van der Waals surface area contributed by atoms with E-state index in [1.54, 1.807) is 11.9 Å². The molecule has 1 aliphatic heterocycles. The molecule has 1 heterocycles. The summed E-state index contributed by atoms with van der Waals surface area (Å²) in [4.78, 5) is 37.4. The third kappa shape index (κ3) is 5.96. The summed E-state index contributed by atoms with van der Waals surface area (Å²) >= 11 is 6.08. The van der Waals surface area contributed by atoms with Gasteiger partial charge in [-0.15, -0.1) is 0 Å². The van der Waals surface area contributed by atoms with Crippen LogP contribution in [0.1, 0.15) is 24.8 Å². The third-order valence-electron chi connectivity index (χ3n) is 4.19. The molecule has 0 radical (unpaired) electrons. The van der Waals surface area contributed by atoms with Crippen LogP contribution in [0, 0.1) is 10.1 Å². The number of likely N-dealkylation sites (tertiary alicyclic amines) is 1.